The molecule has 1 atom stereocenters. The Bertz CT molecular complexity index is 252. The highest BCUT2D eigenvalue weighted by molar-refractivity contribution is 8.93. The molecule has 0 radical (unpaired) electrons. The van der Waals surface area contributed by atoms with Gasteiger partial charge in [-0.15, -0.1) is 17.0 Å². The van der Waals surface area contributed by atoms with Crippen molar-refractivity contribution in [2.45, 2.75) is 13.0 Å². The SMILES string of the molecule is Br.CNC(C)c1cccc(OC)c1. The molecule has 0 fully saturated rings. The number of nitrogens with one attached hydrogen (secondary N) is 1. The molecule has 0 aliphatic rings. The van der Waals surface area contributed by atoms with Gasteiger partial charge in [0.25, 0.3) is 0 Å². The van der Waals surface area contributed by atoms with Crippen LogP contribution in [0.25, 0.3) is 0 Å². The predicted octanol–water partition coefficient (Wildman–Crippen LogP) is 2.55. The maximum Gasteiger partial charge on any atom is 0.119 e. The van der Waals surface area contributed by atoms with Crippen LogP contribution in [-0.4, -0.2) is 14.2 Å². The predicted molar refractivity (Wildman–Crippen MR) is 60.8 cm³/mol. The van der Waals surface area contributed by atoms with Crippen molar-refractivity contribution in [3.63, 3.8) is 0 Å². The molecule has 0 spiro atoms. The molecule has 0 amide bonds. The van der Waals surface area contributed by atoms with Crippen molar-refractivity contribution in [1.29, 1.82) is 0 Å². The molecule has 2 nitrogen and oxygen atoms in total. The first-order valence-electron chi connectivity index (χ1n) is 4.09. The lowest BCUT2D eigenvalue weighted by molar-refractivity contribution is 0.413. The third kappa shape index (κ3) is 3.36. The van der Waals surface area contributed by atoms with Crippen molar-refractivity contribution in [3.8, 4) is 5.75 Å². The largest absolute Gasteiger partial charge is 0.497 e. The van der Waals surface area contributed by atoms with Crippen molar-refractivity contribution < 1.29 is 4.74 Å². The second-order valence-electron chi connectivity index (χ2n) is 2.79. The van der Waals surface area contributed by atoms with Crippen molar-refractivity contribution in [1.82, 2.24) is 5.32 Å². The van der Waals surface area contributed by atoms with Gasteiger partial charge in [-0.2, -0.15) is 0 Å². The Balaban J connectivity index is 0.00000144. The summed E-state index contributed by atoms with van der Waals surface area (Å²) in [6, 6.07) is 8.46. The Labute approximate surface area is 90.1 Å². The maximum atomic E-state index is 5.12. The molecule has 0 saturated carbocycles. The van der Waals surface area contributed by atoms with Gasteiger partial charge in [-0.1, -0.05) is 12.1 Å². The van der Waals surface area contributed by atoms with Crippen molar-refractivity contribution in [2.24, 2.45) is 0 Å². The molecule has 1 rings (SSSR count). The molecular formula is C10H16BrNO. The molecule has 1 aromatic rings. The van der Waals surface area contributed by atoms with E-state index >= 15 is 0 Å². The van der Waals surface area contributed by atoms with Gasteiger partial charge in [0.15, 0.2) is 0 Å². The summed E-state index contributed by atoms with van der Waals surface area (Å²) in [5, 5.41) is 3.18. The van der Waals surface area contributed by atoms with Gasteiger partial charge in [-0.05, 0) is 31.7 Å². The Hall–Kier alpha value is -0.540. The second kappa shape index (κ2) is 6.00. The van der Waals surface area contributed by atoms with E-state index in [2.05, 4.69) is 18.3 Å². The lowest BCUT2D eigenvalue weighted by Gasteiger charge is -2.11. The molecule has 0 heterocycles. The summed E-state index contributed by atoms with van der Waals surface area (Å²) in [6.45, 7) is 2.12. The van der Waals surface area contributed by atoms with Crippen LogP contribution in [-0.2, 0) is 0 Å². The fourth-order valence-electron chi connectivity index (χ4n) is 1.08. The molecule has 0 bridgehead atoms. The summed E-state index contributed by atoms with van der Waals surface area (Å²) in [7, 11) is 3.63. The summed E-state index contributed by atoms with van der Waals surface area (Å²) >= 11 is 0. The smallest absolute Gasteiger partial charge is 0.119 e. The number of ether oxygens (including phenoxy) is 1. The topological polar surface area (TPSA) is 21.3 Å². The van der Waals surface area contributed by atoms with Crippen LogP contribution in [0.1, 0.15) is 18.5 Å². The number of hydrogen-bond donors (Lipinski definition) is 1. The van der Waals surface area contributed by atoms with Crippen LogP contribution in [0.4, 0.5) is 0 Å². The fourth-order valence-corrected chi connectivity index (χ4v) is 1.08. The van der Waals surface area contributed by atoms with Crippen molar-refractivity contribution in [3.05, 3.63) is 29.8 Å². The van der Waals surface area contributed by atoms with Crippen molar-refractivity contribution in [2.75, 3.05) is 14.2 Å². The number of hydrogen-bond acceptors (Lipinski definition) is 2. The van der Waals surface area contributed by atoms with Gasteiger partial charge in [0.2, 0.25) is 0 Å². The average Bonchev–Trinajstić information content (AvgIpc) is 2.17. The minimum atomic E-state index is 0. The molecule has 0 aromatic heterocycles. The molecule has 3 heteroatoms. The summed E-state index contributed by atoms with van der Waals surface area (Å²) in [4.78, 5) is 0. The van der Waals surface area contributed by atoms with Gasteiger partial charge in [0.05, 0.1) is 7.11 Å². The highest BCUT2D eigenvalue weighted by Crippen LogP contribution is 2.17. The summed E-state index contributed by atoms with van der Waals surface area (Å²) in [5.74, 6) is 0.912. The van der Waals surface area contributed by atoms with Gasteiger partial charge in [0, 0.05) is 6.04 Å². The molecule has 13 heavy (non-hydrogen) atoms. The third-order valence-corrected chi connectivity index (χ3v) is 2.03. The Morgan fingerprint density at radius 2 is 2.08 bits per heavy atom. The number of rotatable bonds is 3. The summed E-state index contributed by atoms with van der Waals surface area (Å²) in [5.41, 5.74) is 1.25. The first-order valence-corrected chi connectivity index (χ1v) is 4.09. The van der Waals surface area contributed by atoms with Gasteiger partial charge in [-0.25, -0.2) is 0 Å². The minimum absolute atomic E-state index is 0. The molecule has 74 valence electrons. The molecule has 1 aromatic carbocycles. The third-order valence-electron chi connectivity index (χ3n) is 2.03. The van der Waals surface area contributed by atoms with Crippen LogP contribution in [0.3, 0.4) is 0 Å². The average molecular weight is 246 g/mol. The zero-order valence-electron chi connectivity index (χ0n) is 8.20. The number of benzene rings is 1. The first-order chi connectivity index (χ1) is 5.77. The maximum absolute atomic E-state index is 5.12. The van der Waals surface area contributed by atoms with E-state index in [4.69, 9.17) is 4.74 Å². The quantitative estimate of drug-likeness (QED) is 0.884. The van der Waals surface area contributed by atoms with Crippen LogP contribution in [0.15, 0.2) is 24.3 Å². The minimum Gasteiger partial charge on any atom is -0.497 e. The zero-order chi connectivity index (χ0) is 8.97. The number of methoxy groups -OCH3 is 1. The van der Waals surface area contributed by atoms with E-state index in [1.54, 1.807) is 7.11 Å². The van der Waals surface area contributed by atoms with E-state index in [1.807, 2.05) is 25.2 Å². The monoisotopic (exact) mass is 245 g/mol. The standard InChI is InChI=1S/C10H15NO.BrH/c1-8(11-2)9-5-4-6-10(7-9)12-3;/h4-8,11H,1-3H3;1H. The van der Waals surface area contributed by atoms with Gasteiger partial charge in [-0.3, -0.25) is 0 Å². The molecular weight excluding hydrogens is 230 g/mol. The van der Waals surface area contributed by atoms with Gasteiger partial charge in [0.1, 0.15) is 5.75 Å². The van der Waals surface area contributed by atoms with Gasteiger partial charge < -0.3 is 10.1 Å². The lowest BCUT2D eigenvalue weighted by Crippen LogP contribution is -2.11. The van der Waals surface area contributed by atoms with Crippen LogP contribution >= 0.6 is 17.0 Å². The Kier molecular flexibility index (Phi) is 5.75. The zero-order valence-corrected chi connectivity index (χ0v) is 9.92. The van der Waals surface area contributed by atoms with Crippen LogP contribution in [0.2, 0.25) is 0 Å². The van der Waals surface area contributed by atoms with E-state index in [0.717, 1.165) is 5.75 Å². The summed E-state index contributed by atoms with van der Waals surface area (Å²) < 4.78 is 5.12. The number of halogens is 1. The molecule has 0 saturated heterocycles. The van der Waals surface area contributed by atoms with E-state index in [1.165, 1.54) is 5.56 Å². The van der Waals surface area contributed by atoms with E-state index in [9.17, 15) is 0 Å². The van der Waals surface area contributed by atoms with Gasteiger partial charge >= 0.3 is 0 Å². The molecule has 1 unspecified atom stereocenters. The fraction of sp³-hybridized carbons (Fsp3) is 0.400. The van der Waals surface area contributed by atoms with E-state index in [0.29, 0.717) is 6.04 Å². The Morgan fingerprint density at radius 3 is 2.62 bits per heavy atom. The highest BCUT2D eigenvalue weighted by atomic mass is 79.9. The summed E-state index contributed by atoms with van der Waals surface area (Å²) in [6.07, 6.45) is 0. The first kappa shape index (κ1) is 12.5. The lowest BCUT2D eigenvalue weighted by atomic mass is 10.1. The van der Waals surface area contributed by atoms with E-state index in [-0.39, 0.29) is 17.0 Å². The van der Waals surface area contributed by atoms with Crippen molar-refractivity contribution >= 4 is 17.0 Å². The normalized spacial score (nSPS) is 11.6. The van der Waals surface area contributed by atoms with E-state index < -0.39 is 0 Å². The molecule has 0 aliphatic carbocycles. The van der Waals surface area contributed by atoms with Crippen LogP contribution < -0.4 is 10.1 Å². The van der Waals surface area contributed by atoms with Crippen LogP contribution in [0.5, 0.6) is 5.75 Å². The molecule has 1 N–H and O–H groups in total. The highest BCUT2D eigenvalue weighted by Gasteiger charge is 2.01. The van der Waals surface area contributed by atoms with Crippen LogP contribution in [0, 0.1) is 0 Å². The molecule has 0 aliphatic heterocycles. The second-order valence-corrected chi connectivity index (χ2v) is 2.79. The Morgan fingerprint density at radius 1 is 1.38 bits per heavy atom.